The van der Waals surface area contributed by atoms with E-state index in [2.05, 4.69) is 0 Å². The maximum Gasteiger partial charge on any atom is 1.00 e. The van der Waals surface area contributed by atoms with E-state index >= 15 is 0 Å². The Bertz CT molecular complexity index is 261. The molecule has 0 spiro atoms. The topological polar surface area (TPSA) is 49.4 Å². The summed E-state index contributed by atoms with van der Waals surface area (Å²) in [5.41, 5.74) is 0. The van der Waals surface area contributed by atoms with E-state index in [1.165, 1.54) is 6.92 Å². The fraction of sp³-hybridized carbons (Fsp3) is 0.222. The third-order valence-corrected chi connectivity index (χ3v) is 1.39. The van der Waals surface area contributed by atoms with Crippen LogP contribution in [0.4, 0.5) is 0 Å². The van der Waals surface area contributed by atoms with Crippen LogP contribution in [-0.2, 0) is 4.79 Å². The third-order valence-electron chi connectivity index (χ3n) is 1.39. The normalized spacial score (nSPS) is 11.2. The molecule has 64 valence electrons. The van der Waals surface area contributed by atoms with Gasteiger partial charge in [-0.05, 0) is 19.1 Å². The van der Waals surface area contributed by atoms with Gasteiger partial charge in [0.15, 0.2) is 0 Å². The molecule has 1 aromatic carbocycles. The van der Waals surface area contributed by atoms with Gasteiger partial charge in [0.05, 0.1) is 5.97 Å². The Hall–Kier alpha value is -0.510. The Morgan fingerprint density at radius 3 is 2.38 bits per heavy atom. The van der Waals surface area contributed by atoms with Gasteiger partial charge in [-0.15, -0.1) is 0 Å². The standard InChI is InChI=1S/C9H10O3.Na/c1-7(9(10)11)12-8-5-3-2-4-6-8;/h2-7H,1H3,(H,10,11);/q;+1/p-1. The molecule has 0 amide bonds. The van der Waals surface area contributed by atoms with Gasteiger partial charge >= 0.3 is 29.6 Å². The van der Waals surface area contributed by atoms with Crippen molar-refractivity contribution in [3.05, 3.63) is 30.3 Å². The molecule has 1 rings (SSSR count). The summed E-state index contributed by atoms with van der Waals surface area (Å²) in [5.74, 6) is -0.673. The first-order valence-corrected chi connectivity index (χ1v) is 3.62. The van der Waals surface area contributed by atoms with Gasteiger partial charge in [0.25, 0.3) is 0 Å². The van der Waals surface area contributed by atoms with E-state index in [0.29, 0.717) is 5.75 Å². The quantitative estimate of drug-likeness (QED) is 0.482. The van der Waals surface area contributed by atoms with Gasteiger partial charge in [0.1, 0.15) is 11.9 Å². The Labute approximate surface area is 99.0 Å². The molecule has 0 aliphatic rings. The summed E-state index contributed by atoms with van der Waals surface area (Å²) < 4.78 is 5.01. The summed E-state index contributed by atoms with van der Waals surface area (Å²) in [5, 5.41) is 10.3. The minimum absolute atomic E-state index is 0. The van der Waals surface area contributed by atoms with Crippen LogP contribution in [0.2, 0.25) is 0 Å². The predicted molar refractivity (Wildman–Crippen MR) is 41.5 cm³/mol. The van der Waals surface area contributed by atoms with Crippen molar-refractivity contribution in [2.45, 2.75) is 13.0 Å². The molecule has 0 heterocycles. The molecule has 1 unspecified atom stereocenters. The van der Waals surface area contributed by atoms with Crippen molar-refractivity contribution >= 4 is 5.97 Å². The monoisotopic (exact) mass is 188 g/mol. The number of aliphatic carboxylic acids is 1. The fourth-order valence-corrected chi connectivity index (χ4v) is 0.751. The number of carbonyl (C=O) groups excluding carboxylic acids is 1. The first-order valence-electron chi connectivity index (χ1n) is 3.62. The van der Waals surface area contributed by atoms with Gasteiger partial charge in [-0.2, -0.15) is 0 Å². The molecule has 3 nitrogen and oxygen atoms in total. The SMILES string of the molecule is CC(Oc1ccccc1)C(=O)[O-].[Na+]. The maximum atomic E-state index is 10.3. The number of ether oxygens (including phenoxy) is 1. The van der Waals surface area contributed by atoms with E-state index in [-0.39, 0.29) is 29.6 Å². The van der Waals surface area contributed by atoms with Crippen LogP contribution in [0.15, 0.2) is 30.3 Å². The zero-order valence-corrected chi connectivity index (χ0v) is 9.69. The molecule has 0 radical (unpaired) electrons. The van der Waals surface area contributed by atoms with Crippen LogP contribution in [0.25, 0.3) is 0 Å². The number of hydrogen-bond acceptors (Lipinski definition) is 3. The van der Waals surface area contributed by atoms with Crippen LogP contribution in [0.5, 0.6) is 5.75 Å². The van der Waals surface area contributed by atoms with Crippen molar-refractivity contribution < 1.29 is 44.2 Å². The van der Waals surface area contributed by atoms with E-state index < -0.39 is 12.1 Å². The van der Waals surface area contributed by atoms with Crippen LogP contribution >= 0.6 is 0 Å². The number of carboxylic acids is 1. The van der Waals surface area contributed by atoms with E-state index in [1.54, 1.807) is 24.3 Å². The molecule has 1 atom stereocenters. The second kappa shape index (κ2) is 6.02. The second-order valence-corrected chi connectivity index (χ2v) is 2.39. The number of para-hydroxylation sites is 1. The number of hydrogen-bond donors (Lipinski definition) is 0. The Kier molecular flexibility index (Phi) is 5.79. The fourth-order valence-electron chi connectivity index (χ4n) is 0.751. The zero-order chi connectivity index (χ0) is 8.97. The van der Waals surface area contributed by atoms with E-state index in [1.807, 2.05) is 6.07 Å². The summed E-state index contributed by atoms with van der Waals surface area (Å²) >= 11 is 0. The van der Waals surface area contributed by atoms with Crippen LogP contribution in [-0.4, -0.2) is 12.1 Å². The molecular weight excluding hydrogens is 179 g/mol. The summed E-state index contributed by atoms with van der Waals surface area (Å²) in [4.78, 5) is 10.3. The summed E-state index contributed by atoms with van der Waals surface area (Å²) in [6, 6.07) is 8.77. The van der Waals surface area contributed by atoms with Gasteiger partial charge in [0, 0.05) is 0 Å². The van der Waals surface area contributed by atoms with E-state index in [9.17, 15) is 9.90 Å². The predicted octanol–water partition coefficient (Wildman–Crippen LogP) is -2.79. The smallest absolute Gasteiger partial charge is 0.546 e. The van der Waals surface area contributed by atoms with Crippen molar-refractivity contribution in [2.24, 2.45) is 0 Å². The van der Waals surface area contributed by atoms with Gasteiger partial charge < -0.3 is 14.6 Å². The molecule has 4 heteroatoms. The molecule has 0 aliphatic heterocycles. The summed E-state index contributed by atoms with van der Waals surface area (Å²) in [7, 11) is 0. The number of benzene rings is 1. The Balaban J connectivity index is 0.00000144. The molecule has 13 heavy (non-hydrogen) atoms. The molecular formula is C9H9NaO3. The third kappa shape index (κ3) is 4.31. The first-order chi connectivity index (χ1) is 5.70. The van der Waals surface area contributed by atoms with Crippen molar-refractivity contribution in [2.75, 3.05) is 0 Å². The van der Waals surface area contributed by atoms with Gasteiger partial charge in [0.2, 0.25) is 0 Å². The van der Waals surface area contributed by atoms with E-state index in [4.69, 9.17) is 4.74 Å². The average Bonchev–Trinajstić information content (AvgIpc) is 2.06. The van der Waals surface area contributed by atoms with E-state index in [0.717, 1.165) is 0 Å². The second-order valence-electron chi connectivity index (χ2n) is 2.39. The van der Waals surface area contributed by atoms with Crippen molar-refractivity contribution in [3.8, 4) is 5.75 Å². The van der Waals surface area contributed by atoms with Crippen molar-refractivity contribution in [1.82, 2.24) is 0 Å². The minimum atomic E-state index is -1.21. The molecule has 0 saturated carbocycles. The largest absolute Gasteiger partial charge is 1.00 e. The number of carboxylic acid groups (broad SMARTS) is 1. The average molecular weight is 188 g/mol. The molecule has 0 N–H and O–H groups in total. The molecule has 1 aromatic rings. The zero-order valence-electron chi connectivity index (χ0n) is 7.69. The van der Waals surface area contributed by atoms with Gasteiger partial charge in [-0.1, -0.05) is 18.2 Å². The summed E-state index contributed by atoms with van der Waals surface area (Å²) in [6.45, 7) is 1.43. The maximum absolute atomic E-state index is 10.3. The number of rotatable bonds is 3. The van der Waals surface area contributed by atoms with Crippen molar-refractivity contribution in [3.63, 3.8) is 0 Å². The molecule has 0 fully saturated rings. The van der Waals surface area contributed by atoms with Crippen LogP contribution in [0.3, 0.4) is 0 Å². The van der Waals surface area contributed by atoms with Crippen LogP contribution in [0.1, 0.15) is 6.92 Å². The van der Waals surface area contributed by atoms with Crippen LogP contribution in [0, 0.1) is 0 Å². The Morgan fingerprint density at radius 1 is 1.38 bits per heavy atom. The molecule has 0 aliphatic carbocycles. The number of carbonyl (C=O) groups is 1. The molecule has 0 bridgehead atoms. The molecule has 0 saturated heterocycles. The van der Waals surface area contributed by atoms with Crippen LogP contribution < -0.4 is 39.4 Å². The van der Waals surface area contributed by atoms with Gasteiger partial charge in [-0.3, -0.25) is 0 Å². The summed E-state index contributed by atoms with van der Waals surface area (Å²) in [6.07, 6.45) is -0.910. The molecule has 0 aromatic heterocycles. The van der Waals surface area contributed by atoms with Crippen molar-refractivity contribution in [1.29, 1.82) is 0 Å². The minimum Gasteiger partial charge on any atom is -0.546 e. The van der Waals surface area contributed by atoms with Gasteiger partial charge in [-0.25, -0.2) is 0 Å². The first kappa shape index (κ1) is 12.5. The Morgan fingerprint density at radius 2 is 1.92 bits per heavy atom.